The minimum absolute atomic E-state index is 0.0954. The second-order valence-corrected chi connectivity index (χ2v) is 9.39. The molecule has 0 bridgehead atoms. The van der Waals surface area contributed by atoms with Crippen molar-refractivity contribution in [3.8, 4) is 5.69 Å². The topological polar surface area (TPSA) is 80.4 Å². The minimum Gasteiger partial charge on any atom is -0.459 e. The fourth-order valence-electron chi connectivity index (χ4n) is 3.36. The summed E-state index contributed by atoms with van der Waals surface area (Å²) >= 11 is 6.41. The van der Waals surface area contributed by atoms with Gasteiger partial charge in [-0.15, -0.1) is 0 Å². The first kappa shape index (κ1) is 24.6. The third-order valence-corrected chi connectivity index (χ3v) is 5.53. The molecule has 2 heterocycles. The number of hydrogen-bond acceptors (Lipinski definition) is 4. The molecular formula is C25H31ClN4O3. The highest BCUT2D eigenvalue weighted by Crippen LogP contribution is 2.29. The zero-order chi connectivity index (χ0) is 24.0. The molecule has 0 aliphatic heterocycles. The zero-order valence-electron chi connectivity index (χ0n) is 19.6. The molecule has 0 radical (unpaired) electrons. The second-order valence-electron chi connectivity index (χ2n) is 8.99. The second kappa shape index (κ2) is 10.7. The molecule has 2 amide bonds. The smallest absolute Gasteiger partial charge is 0.290 e. The van der Waals surface area contributed by atoms with Crippen molar-refractivity contribution < 1.29 is 14.0 Å². The maximum Gasteiger partial charge on any atom is 0.290 e. The van der Waals surface area contributed by atoms with Crippen molar-refractivity contribution in [1.82, 2.24) is 14.7 Å². The van der Waals surface area contributed by atoms with Crippen LogP contribution in [0.2, 0.25) is 5.02 Å². The quantitative estimate of drug-likeness (QED) is 0.407. The lowest BCUT2D eigenvalue weighted by atomic mass is 9.92. The molecule has 1 aromatic carbocycles. The number of nitrogens with one attached hydrogen (secondary N) is 1. The monoisotopic (exact) mass is 470 g/mol. The van der Waals surface area contributed by atoms with Crippen LogP contribution in [-0.2, 0) is 10.2 Å². The van der Waals surface area contributed by atoms with Crippen LogP contribution >= 0.6 is 11.6 Å². The van der Waals surface area contributed by atoms with E-state index >= 15 is 0 Å². The van der Waals surface area contributed by atoms with Gasteiger partial charge in [-0.2, -0.15) is 5.10 Å². The molecule has 0 fully saturated rings. The normalized spacial score (nSPS) is 11.4. The van der Waals surface area contributed by atoms with Gasteiger partial charge < -0.3 is 14.6 Å². The number of rotatable bonds is 9. The van der Waals surface area contributed by atoms with Crippen LogP contribution in [-0.4, -0.2) is 39.6 Å². The molecule has 0 atom stereocenters. The lowest BCUT2D eigenvalue weighted by Gasteiger charge is -2.21. The van der Waals surface area contributed by atoms with E-state index in [2.05, 4.69) is 33.0 Å². The standard InChI is InChI=1S/C25H31ClN4O3/c1-5-6-9-14-29(24(32)20-13-10-15-33-20)17-23(31)27-22-16-21(25(2,3)4)28-30(22)19-12-8-7-11-18(19)26/h7-8,10-13,15-16H,5-6,9,14,17H2,1-4H3,(H,27,31). The van der Waals surface area contributed by atoms with Crippen LogP contribution in [0.15, 0.2) is 53.1 Å². The van der Waals surface area contributed by atoms with Gasteiger partial charge in [-0.1, -0.05) is 64.3 Å². The van der Waals surface area contributed by atoms with E-state index in [9.17, 15) is 9.59 Å². The Labute approximate surface area is 199 Å². The number of carbonyl (C=O) groups excluding carboxylic acids is 2. The lowest BCUT2D eigenvalue weighted by Crippen LogP contribution is -2.38. The molecule has 2 aromatic heterocycles. The maximum absolute atomic E-state index is 13.0. The van der Waals surface area contributed by atoms with Gasteiger partial charge in [0.25, 0.3) is 5.91 Å². The highest BCUT2D eigenvalue weighted by atomic mass is 35.5. The molecular weight excluding hydrogens is 440 g/mol. The number of anilines is 1. The summed E-state index contributed by atoms with van der Waals surface area (Å²) in [7, 11) is 0. The lowest BCUT2D eigenvalue weighted by molar-refractivity contribution is -0.117. The van der Waals surface area contributed by atoms with Crippen LogP contribution in [0.1, 0.15) is 63.2 Å². The van der Waals surface area contributed by atoms with Gasteiger partial charge in [0.15, 0.2) is 5.76 Å². The molecule has 0 saturated heterocycles. The van der Waals surface area contributed by atoms with E-state index in [1.807, 2.05) is 24.3 Å². The number of carbonyl (C=O) groups is 2. The Morgan fingerprint density at radius 2 is 1.91 bits per heavy atom. The summed E-state index contributed by atoms with van der Waals surface area (Å²) in [6.07, 6.45) is 4.25. The van der Waals surface area contributed by atoms with Gasteiger partial charge in [0.1, 0.15) is 12.4 Å². The van der Waals surface area contributed by atoms with E-state index in [0.717, 1.165) is 25.0 Å². The molecule has 3 aromatic rings. The molecule has 0 aliphatic carbocycles. The predicted molar refractivity (Wildman–Crippen MR) is 130 cm³/mol. The molecule has 8 heteroatoms. The number of amides is 2. The van der Waals surface area contributed by atoms with Crippen molar-refractivity contribution in [2.45, 2.75) is 52.4 Å². The molecule has 1 N–H and O–H groups in total. The number of aromatic nitrogens is 2. The maximum atomic E-state index is 13.0. The van der Waals surface area contributed by atoms with E-state index in [4.69, 9.17) is 21.1 Å². The molecule has 176 valence electrons. The third-order valence-electron chi connectivity index (χ3n) is 5.21. The van der Waals surface area contributed by atoms with Gasteiger partial charge in [-0.05, 0) is 30.7 Å². The Bertz CT molecular complexity index is 1080. The largest absolute Gasteiger partial charge is 0.459 e. The van der Waals surface area contributed by atoms with Crippen LogP contribution < -0.4 is 5.32 Å². The molecule has 0 aliphatic rings. The summed E-state index contributed by atoms with van der Waals surface area (Å²) in [5, 5.41) is 8.15. The number of unbranched alkanes of at least 4 members (excludes halogenated alkanes) is 2. The van der Waals surface area contributed by atoms with Crippen LogP contribution in [0.3, 0.4) is 0 Å². The number of para-hydroxylation sites is 1. The first-order valence-corrected chi connectivity index (χ1v) is 11.6. The van der Waals surface area contributed by atoms with Gasteiger partial charge in [0.05, 0.1) is 22.7 Å². The van der Waals surface area contributed by atoms with E-state index in [1.165, 1.54) is 11.2 Å². The summed E-state index contributed by atoms with van der Waals surface area (Å²) in [5.41, 5.74) is 1.24. The summed E-state index contributed by atoms with van der Waals surface area (Å²) in [4.78, 5) is 27.4. The van der Waals surface area contributed by atoms with Crippen molar-refractivity contribution in [3.05, 3.63) is 65.2 Å². The Hall–Kier alpha value is -3.06. The molecule has 0 spiro atoms. The van der Waals surface area contributed by atoms with E-state index < -0.39 is 0 Å². The summed E-state index contributed by atoms with van der Waals surface area (Å²) in [6, 6.07) is 12.4. The Kier molecular flexibility index (Phi) is 7.97. The first-order valence-electron chi connectivity index (χ1n) is 11.2. The Morgan fingerprint density at radius 3 is 2.55 bits per heavy atom. The summed E-state index contributed by atoms with van der Waals surface area (Å²) < 4.78 is 6.90. The molecule has 7 nitrogen and oxygen atoms in total. The minimum atomic E-state index is -0.319. The highest BCUT2D eigenvalue weighted by molar-refractivity contribution is 6.32. The van der Waals surface area contributed by atoms with E-state index in [1.54, 1.807) is 22.9 Å². The number of hydrogen-bond donors (Lipinski definition) is 1. The van der Waals surface area contributed by atoms with Crippen LogP contribution in [0.5, 0.6) is 0 Å². The van der Waals surface area contributed by atoms with Gasteiger partial charge in [-0.25, -0.2) is 4.68 Å². The van der Waals surface area contributed by atoms with Crippen molar-refractivity contribution in [3.63, 3.8) is 0 Å². The average Bonchev–Trinajstić information content (AvgIpc) is 3.43. The third kappa shape index (κ3) is 6.26. The van der Waals surface area contributed by atoms with Crippen molar-refractivity contribution in [2.75, 3.05) is 18.4 Å². The predicted octanol–water partition coefficient (Wildman–Crippen LogP) is 5.69. The highest BCUT2D eigenvalue weighted by Gasteiger charge is 2.24. The number of furan rings is 1. The van der Waals surface area contributed by atoms with E-state index in [-0.39, 0.29) is 29.5 Å². The Balaban J connectivity index is 1.84. The molecule has 0 saturated carbocycles. The van der Waals surface area contributed by atoms with Crippen LogP contribution in [0, 0.1) is 0 Å². The average molecular weight is 471 g/mol. The van der Waals surface area contributed by atoms with Crippen LogP contribution in [0.4, 0.5) is 5.82 Å². The van der Waals surface area contributed by atoms with Gasteiger partial charge >= 0.3 is 0 Å². The van der Waals surface area contributed by atoms with Crippen LogP contribution in [0.25, 0.3) is 5.69 Å². The molecule has 3 rings (SSSR count). The Morgan fingerprint density at radius 1 is 1.15 bits per heavy atom. The fourth-order valence-corrected chi connectivity index (χ4v) is 3.58. The van der Waals surface area contributed by atoms with E-state index in [0.29, 0.717) is 23.1 Å². The fraction of sp³-hybridized carbons (Fsp3) is 0.400. The van der Waals surface area contributed by atoms with Gasteiger partial charge in [-0.3, -0.25) is 9.59 Å². The SMILES string of the molecule is CCCCCN(CC(=O)Nc1cc(C(C)(C)C)nn1-c1ccccc1Cl)C(=O)c1ccco1. The number of nitrogens with zero attached hydrogens (tertiary/aromatic N) is 3. The summed E-state index contributed by atoms with van der Waals surface area (Å²) in [5.74, 6) is 0.0914. The number of halogens is 1. The van der Waals surface area contributed by atoms with Crippen molar-refractivity contribution >= 4 is 29.2 Å². The van der Waals surface area contributed by atoms with Crippen molar-refractivity contribution in [2.24, 2.45) is 0 Å². The molecule has 33 heavy (non-hydrogen) atoms. The zero-order valence-corrected chi connectivity index (χ0v) is 20.4. The summed E-state index contributed by atoms with van der Waals surface area (Å²) in [6.45, 7) is 8.62. The number of benzene rings is 1. The van der Waals surface area contributed by atoms with Gasteiger partial charge in [0, 0.05) is 18.0 Å². The van der Waals surface area contributed by atoms with Crippen molar-refractivity contribution in [1.29, 1.82) is 0 Å². The first-order chi connectivity index (χ1) is 15.7. The molecule has 0 unspecified atom stereocenters. The van der Waals surface area contributed by atoms with Gasteiger partial charge in [0.2, 0.25) is 5.91 Å².